The lowest BCUT2D eigenvalue weighted by Gasteiger charge is -2.27. The van der Waals surface area contributed by atoms with Crippen molar-refractivity contribution in [1.29, 1.82) is 0 Å². The van der Waals surface area contributed by atoms with Crippen molar-refractivity contribution in [3.63, 3.8) is 0 Å². The lowest BCUT2D eigenvalue weighted by molar-refractivity contribution is 1.30. The highest BCUT2D eigenvalue weighted by molar-refractivity contribution is 6.21. The summed E-state index contributed by atoms with van der Waals surface area (Å²) in [6, 6.07) is 81.0. The maximum absolute atomic E-state index is 2.37. The van der Waals surface area contributed by atoms with E-state index in [4.69, 9.17) is 0 Å². The standard InChI is InChI=1S/C56H39N/c1-3-14-42(15-4-1)43-32-28-40(29-33-43)26-27-41-30-34-45(35-31-41)55-50-21-9-11-23-52(50)56(53-24-12-10-22-51(53)55)46-36-38-48(39-37-46)57(47-18-5-2-6-19-47)54-25-13-17-44-16-7-8-20-49(44)54/h1-39H/b27-26+. The van der Waals surface area contributed by atoms with Gasteiger partial charge in [-0.3, -0.25) is 0 Å². The fraction of sp³-hybridized carbons (Fsp3) is 0. The first-order valence-corrected chi connectivity index (χ1v) is 19.6. The van der Waals surface area contributed by atoms with Crippen LogP contribution in [0.5, 0.6) is 0 Å². The van der Waals surface area contributed by atoms with Crippen LogP contribution < -0.4 is 4.90 Å². The molecule has 1 nitrogen and oxygen atoms in total. The average Bonchev–Trinajstić information content (AvgIpc) is 3.29. The molecule has 10 rings (SSSR count). The number of anilines is 3. The molecular weight excluding hydrogens is 687 g/mol. The van der Waals surface area contributed by atoms with Crippen LogP contribution in [0.1, 0.15) is 11.1 Å². The van der Waals surface area contributed by atoms with Crippen LogP contribution in [0.4, 0.5) is 17.1 Å². The first-order chi connectivity index (χ1) is 28.3. The molecule has 0 aliphatic carbocycles. The van der Waals surface area contributed by atoms with Gasteiger partial charge in [0, 0.05) is 16.8 Å². The number of hydrogen-bond donors (Lipinski definition) is 0. The van der Waals surface area contributed by atoms with Crippen LogP contribution in [-0.4, -0.2) is 0 Å². The molecule has 0 fully saturated rings. The third kappa shape index (κ3) is 6.56. The summed E-state index contributed by atoms with van der Waals surface area (Å²) in [7, 11) is 0. The van der Waals surface area contributed by atoms with Gasteiger partial charge in [0.2, 0.25) is 0 Å². The van der Waals surface area contributed by atoms with Crippen molar-refractivity contribution >= 4 is 61.5 Å². The Kier molecular flexibility index (Phi) is 8.95. The summed E-state index contributed by atoms with van der Waals surface area (Å²) in [5.41, 5.74) is 13.1. The second-order valence-electron chi connectivity index (χ2n) is 14.5. The van der Waals surface area contributed by atoms with Crippen molar-refractivity contribution < 1.29 is 0 Å². The quantitative estimate of drug-likeness (QED) is 0.111. The summed E-state index contributed by atoms with van der Waals surface area (Å²) < 4.78 is 0. The molecule has 0 aliphatic heterocycles. The summed E-state index contributed by atoms with van der Waals surface area (Å²) in [5.74, 6) is 0. The minimum Gasteiger partial charge on any atom is -0.310 e. The van der Waals surface area contributed by atoms with Gasteiger partial charge in [-0.2, -0.15) is 0 Å². The predicted molar refractivity (Wildman–Crippen MR) is 245 cm³/mol. The Hall–Kier alpha value is -7.48. The van der Waals surface area contributed by atoms with E-state index in [0.717, 1.165) is 17.1 Å². The Bertz CT molecular complexity index is 2950. The average molecular weight is 726 g/mol. The van der Waals surface area contributed by atoms with Gasteiger partial charge in [0.25, 0.3) is 0 Å². The summed E-state index contributed by atoms with van der Waals surface area (Å²) in [5, 5.41) is 7.43. The molecule has 0 heterocycles. The highest BCUT2D eigenvalue weighted by atomic mass is 15.1. The van der Waals surface area contributed by atoms with E-state index in [1.165, 1.54) is 76.8 Å². The van der Waals surface area contributed by atoms with E-state index in [2.05, 4.69) is 242 Å². The zero-order chi connectivity index (χ0) is 38.0. The third-order valence-electron chi connectivity index (χ3n) is 11.1. The molecule has 0 amide bonds. The topological polar surface area (TPSA) is 3.24 Å². The lowest BCUT2D eigenvalue weighted by Crippen LogP contribution is -2.10. The number of rotatable bonds is 8. The normalized spacial score (nSPS) is 11.4. The maximum Gasteiger partial charge on any atom is 0.0540 e. The van der Waals surface area contributed by atoms with Gasteiger partial charge in [0.15, 0.2) is 0 Å². The number of nitrogens with zero attached hydrogens (tertiary/aromatic N) is 1. The molecule has 0 saturated carbocycles. The van der Waals surface area contributed by atoms with Gasteiger partial charge in [0.1, 0.15) is 0 Å². The van der Waals surface area contributed by atoms with E-state index >= 15 is 0 Å². The predicted octanol–water partition coefficient (Wildman–Crippen LogP) is 15.8. The molecule has 0 aromatic heterocycles. The first kappa shape index (κ1) is 34.0. The zero-order valence-corrected chi connectivity index (χ0v) is 31.5. The summed E-state index contributed by atoms with van der Waals surface area (Å²) in [6.07, 6.45) is 4.39. The van der Waals surface area contributed by atoms with Gasteiger partial charge in [-0.05, 0) is 102 Å². The van der Waals surface area contributed by atoms with Crippen LogP contribution in [0.2, 0.25) is 0 Å². The number of para-hydroxylation sites is 1. The molecule has 1 heteroatoms. The van der Waals surface area contributed by atoms with E-state index in [-0.39, 0.29) is 0 Å². The zero-order valence-electron chi connectivity index (χ0n) is 31.5. The monoisotopic (exact) mass is 725 g/mol. The molecule has 57 heavy (non-hydrogen) atoms. The highest BCUT2D eigenvalue weighted by Gasteiger charge is 2.19. The van der Waals surface area contributed by atoms with Crippen molar-refractivity contribution in [2.75, 3.05) is 4.90 Å². The molecule has 0 spiro atoms. The summed E-state index contributed by atoms with van der Waals surface area (Å²) in [4.78, 5) is 2.37. The van der Waals surface area contributed by atoms with E-state index < -0.39 is 0 Å². The number of benzene rings is 10. The minimum absolute atomic E-state index is 1.12. The van der Waals surface area contributed by atoms with Crippen LogP contribution in [0.15, 0.2) is 224 Å². The fourth-order valence-corrected chi connectivity index (χ4v) is 8.31. The Labute approximate surface area is 334 Å². The Morgan fingerprint density at radius 1 is 0.263 bits per heavy atom. The largest absolute Gasteiger partial charge is 0.310 e. The minimum atomic E-state index is 1.12. The van der Waals surface area contributed by atoms with E-state index in [1.807, 2.05) is 0 Å². The van der Waals surface area contributed by atoms with Crippen molar-refractivity contribution in [2.24, 2.45) is 0 Å². The first-order valence-electron chi connectivity index (χ1n) is 19.6. The Morgan fingerprint density at radius 2 is 0.649 bits per heavy atom. The molecule has 0 radical (unpaired) electrons. The molecule has 0 unspecified atom stereocenters. The van der Waals surface area contributed by atoms with Gasteiger partial charge in [-0.25, -0.2) is 0 Å². The maximum atomic E-state index is 2.37. The molecular formula is C56H39N. The van der Waals surface area contributed by atoms with Crippen LogP contribution >= 0.6 is 0 Å². The summed E-state index contributed by atoms with van der Waals surface area (Å²) in [6.45, 7) is 0. The summed E-state index contributed by atoms with van der Waals surface area (Å²) >= 11 is 0. The Morgan fingerprint density at radius 3 is 1.19 bits per heavy atom. The van der Waals surface area contributed by atoms with Gasteiger partial charge in [-0.1, -0.05) is 206 Å². The second-order valence-corrected chi connectivity index (χ2v) is 14.5. The Balaban J connectivity index is 1.02. The van der Waals surface area contributed by atoms with Gasteiger partial charge >= 0.3 is 0 Å². The molecule has 10 aromatic carbocycles. The van der Waals surface area contributed by atoms with Crippen LogP contribution in [0.25, 0.3) is 77.9 Å². The van der Waals surface area contributed by atoms with E-state index in [9.17, 15) is 0 Å². The SMILES string of the molecule is C(=C\c1ccc(-c2c3ccccc3c(-c3ccc(N(c4ccccc4)c4cccc5ccccc45)cc3)c3ccccc23)cc1)/c1ccc(-c2ccccc2)cc1. The molecule has 0 aliphatic rings. The highest BCUT2D eigenvalue weighted by Crippen LogP contribution is 2.45. The lowest BCUT2D eigenvalue weighted by atomic mass is 9.86. The number of fused-ring (bicyclic) bond motifs is 3. The fourth-order valence-electron chi connectivity index (χ4n) is 8.31. The van der Waals surface area contributed by atoms with E-state index in [0.29, 0.717) is 0 Å². The molecule has 0 saturated heterocycles. The van der Waals surface area contributed by atoms with Crippen LogP contribution in [-0.2, 0) is 0 Å². The van der Waals surface area contributed by atoms with Crippen LogP contribution in [0, 0.1) is 0 Å². The molecule has 268 valence electrons. The molecule has 0 atom stereocenters. The molecule has 0 N–H and O–H groups in total. The van der Waals surface area contributed by atoms with E-state index in [1.54, 1.807) is 0 Å². The van der Waals surface area contributed by atoms with Crippen LogP contribution in [0.3, 0.4) is 0 Å². The van der Waals surface area contributed by atoms with Crippen molar-refractivity contribution in [2.45, 2.75) is 0 Å². The van der Waals surface area contributed by atoms with Crippen molar-refractivity contribution in [3.05, 3.63) is 236 Å². The molecule has 0 bridgehead atoms. The smallest absolute Gasteiger partial charge is 0.0540 e. The van der Waals surface area contributed by atoms with Crippen molar-refractivity contribution in [1.82, 2.24) is 0 Å². The number of hydrogen-bond acceptors (Lipinski definition) is 1. The van der Waals surface area contributed by atoms with Gasteiger partial charge in [-0.15, -0.1) is 0 Å². The van der Waals surface area contributed by atoms with Crippen molar-refractivity contribution in [3.8, 4) is 33.4 Å². The molecule has 10 aromatic rings. The third-order valence-corrected chi connectivity index (χ3v) is 11.1. The van der Waals surface area contributed by atoms with Gasteiger partial charge < -0.3 is 4.90 Å². The second kappa shape index (κ2) is 15.0. The van der Waals surface area contributed by atoms with Gasteiger partial charge in [0.05, 0.1) is 5.69 Å².